The van der Waals surface area contributed by atoms with Crippen molar-refractivity contribution in [3.05, 3.63) is 89.4 Å². The van der Waals surface area contributed by atoms with E-state index in [9.17, 15) is 22.4 Å². The molecule has 5 rings (SSSR count). The average Bonchev–Trinajstić information content (AvgIpc) is 3.36. The minimum absolute atomic E-state index is 0.0597. The molecule has 0 spiro atoms. The largest absolute Gasteiger partial charge is 0.494 e. The summed E-state index contributed by atoms with van der Waals surface area (Å²) < 4.78 is 68.7. The lowest BCUT2D eigenvalue weighted by molar-refractivity contribution is 0.0523. The van der Waals surface area contributed by atoms with Crippen LogP contribution in [-0.2, 0) is 17.8 Å². The summed E-state index contributed by atoms with van der Waals surface area (Å²) in [5.74, 6) is -1.16. The third-order valence-corrected chi connectivity index (χ3v) is 6.56. The van der Waals surface area contributed by atoms with E-state index >= 15 is 0 Å². The van der Waals surface area contributed by atoms with Gasteiger partial charge in [-0.25, -0.2) is 32.3 Å². The van der Waals surface area contributed by atoms with Gasteiger partial charge in [-0.15, -0.1) is 0 Å². The van der Waals surface area contributed by atoms with Crippen LogP contribution in [-0.4, -0.2) is 43.0 Å². The smallest absolute Gasteiger partial charge is 0.407 e. The van der Waals surface area contributed by atoms with E-state index in [1.807, 2.05) is 0 Å². The third kappa shape index (κ3) is 7.50. The molecule has 3 heterocycles. The first-order chi connectivity index (χ1) is 21.9. The van der Waals surface area contributed by atoms with E-state index in [2.05, 4.69) is 30.7 Å². The molecule has 0 radical (unpaired) electrons. The van der Waals surface area contributed by atoms with Crippen molar-refractivity contribution in [3.63, 3.8) is 0 Å². The summed E-state index contributed by atoms with van der Waals surface area (Å²) in [5.41, 5.74) is 0.173. The highest BCUT2D eigenvalue weighted by atomic mass is 19.3. The zero-order valence-corrected chi connectivity index (χ0v) is 25.4. The Morgan fingerprint density at radius 2 is 1.78 bits per heavy atom. The lowest BCUT2D eigenvalue weighted by Crippen LogP contribution is -2.32. The van der Waals surface area contributed by atoms with Gasteiger partial charge in [0, 0.05) is 46.7 Å². The minimum atomic E-state index is -2.80. The molecule has 46 heavy (non-hydrogen) atoms. The molecule has 0 saturated carbocycles. The molecule has 0 fully saturated rings. The van der Waals surface area contributed by atoms with Crippen LogP contribution in [0.2, 0.25) is 0 Å². The molecule has 0 aliphatic heterocycles. The molecule has 0 aliphatic carbocycles. The Morgan fingerprint density at radius 3 is 2.48 bits per heavy atom. The van der Waals surface area contributed by atoms with Gasteiger partial charge in [-0.2, -0.15) is 5.10 Å². The number of hydrogen-bond acceptors (Lipinski definition) is 8. The molecule has 14 heteroatoms. The van der Waals surface area contributed by atoms with Crippen LogP contribution in [0.3, 0.4) is 0 Å². The van der Waals surface area contributed by atoms with Crippen molar-refractivity contribution in [2.24, 2.45) is 0 Å². The number of amides is 1. The summed E-state index contributed by atoms with van der Waals surface area (Å²) in [7, 11) is 0. The molecule has 0 bridgehead atoms. The van der Waals surface area contributed by atoms with Crippen molar-refractivity contribution in [3.8, 4) is 17.3 Å². The van der Waals surface area contributed by atoms with E-state index in [1.165, 1.54) is 29.2 Å². The molecule has 240 valence electrons. The topological polar surface area (TPSA) is 116 Å². The number of aromatic nitrogens is 5. The first-order valence-corrected chi connectivity index (χ1v) is 14.3. The number of carbonyl (C=O) groups is 1. The van der Waals surface area contributed by atoms with Gasteiger partial charge in [0.1, 0.15) is 40.2 Å². The number of hydrogen-bond donors (Lipinski definition) is 2. The van der Waals surface area contributed by atoms with Crippen LogP contribution >= 0.6 is 0 Å². The van der Waals surface area contributed by atoms with Gasteiger partial charge >= 0.3 is 6.09 Å². The summed E-state index contributed by atoms with van der Waals surface area (Å²) in [5, 5.41) is 10.9. The maximum absolute atomic E-state index is 15.0. The van der Waals surface area contributed by atoms with Crippen molar-refractivity contribution in [1.29, 1.82) is 0 Å². The fourth-order valence-corrected chi connectivity index (χ4v) is 4.57. The van der Waals surface area contributed by atoms with Gasteiger partial charge < -0.3 is 20.1 Å². The molecule has 0 aliphatic rings. The number of pyridine rings is 1. The first kappa shape index (κ1) is 32.1. The quantitative estimate of drug-likeness (QED) is 0.153. The fraction of sp³-hybridized carbons (Fsp3) is 0.281. The number of nitrogens with zero attached hydrogens (tertiary/aromatic N) is 5. The highest BCUT2D eigenvalue weighted by Gasteiger charge is 2.21. The van der Waals surface area contributed by atoms with Gasteiger partial charge in [-0.3, -0.25) is 9.67 Å². The van der Waals surface area contributed by atoms with E-state index < -0.39 is 35.4 Å². The van der Waals surface area contributed by atoms with Gasteiger partial charge in [-0.1, -0.05) is 18.2 Å². The lowest BCUT2D eigenvalue weighted by atomic mass is 10.1. The highest BCUT2D eigenvalue weighted by Crippen LogP contribution is 2.30. The van der Waals surface area contributed by atoms with Crippen molar-refractivity contribution < 1.29 is 31.8 Å². The maximum Gasteiger partial charge on any atom is 0.407 e. The Hall–Kier alpha value is -5.27. The van der Waals surface area contributed by atoms with Crippen LogP contribution in [0.4, 0.5) is 33.9 Å². The average molecular weight is 638 g/mol. The number of anilines is 2. The van der Waals surface area contributed by atoms with E-state index in [-0.39, 0.29) is 48.3 Å². The standard InChI is InChI=1S/C32H31F4N7O3/c1-5-45-20-13-23(33)22(24(34)14-20)17-43-26-9-7-6-8-21(26)27(42-43)30-38-15-18(16-39-31(44)46-32(2,3)4)29(41-30)40-19-10-11-37-25(12-19)28(35)36/h6-15,28H,5,16-17H2,1-4H3,(H,39,44)(H,37,38,40,41). The third-order valence-electron chi connectivity index (χ3n) is 6.56. The molecular formula is C32H31F4N7O3. The molecule has 10 nitrogen and oxygen atoms in total. The van der Waals surface area contributed by atoms with Crippen molar-refractivity contribution in [1.82, 2.24) is 30.0 Å². The number of fused-ring (bicyclic) bond motifs is 1. The zero-order valence-electron chi connectivity index (χ0n) is 25.4. The van der Waals surface area contributed by atoms with Gasteiger partial charge in [0.05, 0.1) is 25.2 Å². The second kappa shape index (κ2) is 13.4. The summed E-state index contributed by atoms with van der Waals surface area (Å²) in [6, 6.07) is 12.0. The SMILES string of the molecule is CCOc1cc(F)c(Cn2nc(-c3ncc(CNC(=O)OC(C)(C)C)c(Nc4ccnc(C(F)F)c4)n3)c3ccccc32)c(F)c1. The van der Waals surface area contributed by atoms with E-state index in [4.69, 9.17) is 9.47 Å². The van der Waals surface area contributed by atoms with Crippen LogP contribution in [0, 0.1) is 11.6 Å². The molecule has 0 unspecified atom stereocenters. The predicted molar refractivity (Wildman–Crippen MR) is 163 cm³/mol. The Bertz CT molecular complexity index is 1850. The Labute approximate surface area is 261 Å². The number of benzene rings is 2. The monoisotopic (exact) mass is 637 g/mol. The van der Waals surface area contributed by atoms with Gasteiger partial charge in [0.25, 0.3) is 6.43 Å². The van der Waals surface area contributed by atoms with Crippen molar-refractivity contribution in [2.45, 2.75) is 52.8 Å². The van der Waals surface area contributed by atoms with Crippen LogP contribution in [0.5, 0.6) is 5.75 Å². The normalized spacial score (nSPS) is 11.6. The molecule has 5 aromatic rings. The van der Waals surface area contributed by atoms with Gasteiger partial charge in [0.15, 0.2) is 5.82 Å². The van der Waals surface area contributed by atoms with Gasteiger partial charge in [-0.05, 0) is 45.9 Å². The van der Waals surface area contributed by atoms with Gasteiger partial charge in [0.2, 0.25) is 0 Å². The second-order valence-corrected chi connectivity index (χ2v) is 11.1. The Kier molecular flexibility index (Phi) is 9.35. The summed E-state index contributed by atoms with van der Waals surface area (Å²) in [6.07, 6.45) is -0.781. The maximum atomic E-state index is 15.0. The molecule has 0 atom stereocenters. The van der Waals surface area contributed by atoms with Crippen LogP contribution in [0.25, 0.3) is 22.4 Å². The number of halogens is 4. The minimum Gasteiger partial charge on any atom is -0.494 e. The molecule has 1 amide bonds. The number of rotatable bonds is 10. The number of carbonyl (C=O) groups excluding carboxylic acids is 1. The summed E-state index contributed by atoms with van der Waals surface area (Å²) in [4.78, 5) is 25.1. The Balaban J connectivity index is 1.54. The Morgan fingerprint density at radius 1 is 1.04 bits per heavy atom. The van der Waals surface area contributed by atoms with Crippen LogP contribution in [0.1, 0.15) is 50.9 Å². The lowest BCUT2D eigenvalue weighted by Gasteiger charge is -2.20. The molecule has 0 saturated heterocycles. The molecule has 3 aromatic heterocycles. The van der Waals surface area contributed by atoms with E-state index in [0.29, 0.717) is 22.2 Å². The van der Waals surface area contributed by atoms with Crippen LogP contribution in [0.15, 0.2) is 60.9 Å². The van der Waals surface area contributed by atoms with Crippen LogP contribution < -0.4 is 15.4 Å². The van der Waals surface area contributed by atoms with E-state index in [0.717, 1.165) is 12.1 Å². The highest BCUT2D eigenvalue weighted by molar-refractivity contribution is 5.92. The second-order valence-electron chi connectivity index (χ2n) is 11.1. The van der Waals surface area contributed by atoms with Crippen molar-refractivity contribution in [2.75, 3.05) is 11.9 Å². The number of para-hydroxylation sites is 1. The molecule has 2 N–H and O–H groups in total. The summed E-state index contributed by atoms with van der Waals surface area (Å²) in [6.45, 7) is 6.85. The number of ether oxygens (including phenoxy) is 2. The van der Waals surface area contributed by atoms with E-state index in [1.54, 1.807) is 52.0 Å². The van der Waals surface area contributed by atoms with Crippen molar-refractivity contribution >= 4 is 28.5 Å². The number of alkyl carbamates (subject to hydrolysis) is 1. The number of alkyl halides is 2. The molecular weight excluding hydrogens is 606 g/mol. The fourth-order valence-electron chi connectivity index (χ4n) is 4.57. The first-order valence-electron chi connectivity index (χ1n) is 14.3. The predicted octanol–water partition coefficient (Wildman–Crippen LogP) is 7.32. The number of nitrogens with one attached hydrogen (secondary N) is 2. The molecule has 2 aromatic carbocycles. The summed E-state index contributed by atoms with van der Waals surface area (Å²) >= 11 is 0. The zero-order chi connectivity index (χ0) is 33.0.